The van der Waals surface area contributed by atoms with Crippen LogP contribution in [0.25, 0.3) is 0 Å². The Labute approximate surface area is 113 Å². The standard InChI is InChI=1S/C13H19ClN2O2/c1-4-11(15-2)13(17)16-8-9-5-6-10(14)12(7-9)18-3/h5-7,11,15H,4,8H2,1-3H3,(H,16,17). The van der Waals surface area contributed by atoms with Crippen LogP contribution in [0.3, 0.4) is 0 Å². The van der Waals surface area contributed by atoms with Crippen LogP contribution in [0.4, 0.5) is 0 Å². The second-order valence-electron chi connectivity index (χ2n) is 3.94. The van der Waals surface area contributed by atoms with Crippen molar-refractivity contribution in [3.63, 3.8) is 0 Å². The largest absolute Gasteiger partial charge is 0.495 e. The zero-order chi connectivity index (χ0) is 13.5. The van der Waals surface area contributed by atoms with Crippen molar-refractivity contribution in [2.45, 2.75) is 25.9 Å². The van der Waals surface area contributed by atoms with E-state index in [1.807, 2.05) is 19.1 Å². The topological polar surface area (TPSA) is 50.4 Å². The van der Waals surface area contributed by atoms with E-state index in [2.05, 4.69) is 10.6 Å². The first-order valence-corrected chi connectivity index (χ1v) is 6.27. The van der Waals surface area contributed by atoms with Gasteiger partial charge in [-0.25, -0.2) is 0 Å². The van der Waals surface area contributed by atoms with Crippen LogP contribution >= 0.6 is 11.6 Å². The number of methoxy groups -OCH3 is 1. The first-order chi connectivity index (χ1) is 8.62. The zero-order valence-electron chi connectivity index (χ0n) is 10.9. The zero-order valence-corrected chi connectivity index (χ0v) is 11.7. The number of ether oxygens (including phenoxy) is 1. The normalized spacial score (nSPS) is 12.0. The Morgan fingerprint density at radius 3 is 2.78 bits per heavy atom. The Morgan fingerprint density at radius 2 is 2.22 bits per heavy atom. The lowest BCUT2D eigenvalue weighted by Crippen LogP contribution is -2.41. The molecule has 0 bridgehead atoms. The Balaban J connectivity index is 2.61. The number of hydrogen-bond acceptors (Lipinski definition) is 3. The minimum absolute atomic E-state index is 0.00563. The number of carbonyl (C=O) groups excluding carboxylic acids is 1. The molecule has 0 saturated carbocycles. The molecule has 0 aliphatic heterocycles. The number of rotatable bonds is 6. The van der Waals surface area contributed by atoms with Gasteiger partial charge in [-0.2, -0.15) is 0 Å². The van der Waals surface area contributed by atoms with Crippen molar-refractivity contribution < 1.29 is 9.53 Å². The lowest BCUT2D eigenvalue weighted by atomic mass is 10.2. The maximum Gasteiger partial charge on any atom is 0.237 e. The maximum atomic E-state index is 11.8. The summed E-state index contributed by atoms with van der Waals surface area (Å²) in [5.41, 5.74) is 0.954. The summed E-state index contributed by atoms with van der Waals surface area (Å²) in [7, 11) is 3.34. The molecule has 100 valence electrons. The third kappa shape index (κ3) is 3.89. The van der Waals surface area contributed by atoms with Gasteiger partial charge in [0.15, 0.2) is 0 Å². The van der Waals surface area contributed by atoms with E-state index in [4.69, 9.17) is 16.3 Å². The van der Waals surface area contributed by atoms with Crippen LogP contribution in [0.2, 0.25) is 5.02 Å². The van der Waals surface area contributed by atoms with Gasteiger partial charge in [0.25, 0.3) is 0 Å². The smallest absolute Gasteiger partial charge is 0.237 e. The molecule has 5 heteroatoms. The summed E-state index contributed by atoms with van der Waals surface area (Å²) in [6, 6.07) is 5.30. The molecule has 1 aromatic rings. The average Bonchev–Trinajstić information content (AvgIpc) is 2.39. The quantitative estimate of drug-likeness (QED) is 0.831. The highest BCUT2D eigenvalue weighted by Gasteiger charge is 2.13. The van der Waals surface area contributed by atoms with Crippen LogP contribution in [0, 0.1) is 0 Å². The van der Waals surface area contributed by atoms with E-state index in [1.165, 1.54) is 0 Å². The summed E-state index contributed by atoms with van der Waals surface area (Å²) in [6.45, 7) is 2.43. The van der Waals surface area contributed by atoms with Gasteiger partial charge < -0.3 is 15.4 Å². The molecule has 4 nitrogen and oxygen atoms in total. The van der Waals surface area contributed by atoms with E-state index in [-0.39, 0.29) is 11.9 Å². The van der Waals surface area contributed by atoms with Crippen molar-refractivity contribution in [2.24, 2.45) is 0 Å². The second kappa shape index (κ2) is 7.24. The number of amides is 1. The fourth-order valence-corrected chi connectivity index (χ4v) is 1.84. The monoisotopic (exact) mass is 270 g/mol. The van der Waals surface area contributed by atoms with Crippen molar-refractivity contribution in [3.05, 3.63) is 28.8 Å². The summed E-state index contributed by atoms with van der Waals surface area (Å²) < 4.78 is 5.13. The van der Waals surface area contributed by atoms with Crippen molar-refractivity contribution in [1.29, 1.82) is 0 Å². The van der Waals surface area contributed by atoms with Crippen molar-refractivity contribution in [1.82, 2.24) is 10.6 Å². The molecule has 0 aliphatic carbocycles. The second-order valence-corrected chi connectivity index (χ2v) is 4.34. The number of carbonyl (C=O) groups is 1. The Morgan fingerprint density at radius 1 is 1.50 bits per heavy atom. The van der Waals surface area contributed by atoms with Crippen LogP contribution < -0.4 is 15.4 Å². The summed E-state index contributed by atoms with van der Waals surface area (Å²) in [6.07, 6.45) is 0.756. The molecule has 0 fully saturated rings. The first kappa shape index (κ1) is 14.8. The maximum absolute atomic E-state index is 11.8. The SMILES string of the molecule is CCC(NC)C(=O)NCc1ccc(Cl)c(OC)c1. The van der Waals surface area contributed by atoms with Gasteiger partial charge in [-0.05, 0) is 31.2 Å². The minimum atomic E-state index is -0.154. The highest BCUT2D eigenvalue weighted by Crippen LogP contribution is 2.24. The molecule has 1 atom stereocenters. The number of likely N-dealkylation sites (N-methyl/N-ethyl adjacent to an activating group) is 1. The van der Waals surface area contributed by atoms with E-state index < -0.39 is 0 Å². The van der Waals surface area contributed by atoms with E-state index in [9.17, 15) is 4.79 Å². The van der Waals surface area contributed by atoms with Gasteiger partial charge in [0.2, 0.25) is 5.91 Å². The minimum Gasteiger partial charge on any atom is -0.495 e. The molecule has 0 radical (unpaired) electrons. The highest BCUT2D eigenvalue weighted by molar-refractivity contribution is 6.32. The molecule has 18 heavy (non-hydrogen) atoms. The van der Waals surface area contributed by atoms with E-state index in [0.717, 1.165) is 12.0 Å². The molecule has 0 saturated heterocycles. The lowest BCUT2D eigenvalue weighted by Gasteiger charge is -2.14. The summed E-state index contributed by atoms with van der Waals surface area (Å²) in [4.78, 5) is 11.8. The molecule has 0 aromatic heterocycles. The molecule has 1 amide bonds. The predicted molar refractivity (Wildman–Crippen MR) is 73.0 cm³/mol. The van der Waals surface area contributed by atoms with Gasteiger partial charge in [-0.15, -0.1) is 0 Å². The van der Waals surface area contributed by atoms with E-state index >= 15 is 0 Å². The summed E-state index contributed by atoms with van der Waals surface area (Å²) in [5, 5.41) is 6.40. The molecule has 1 rings (SSSR count). The van der Waals surface area contributed by atoms with Crippen LogP contribution in [0.1, 0.15) is 18.9 Å². The molecule has 0 aliphatic rings. The number of nitrogens with one attached hydrogen (secondary N) is 2. The van der Waals surface area contributed by atoms with Gasteiger partial charge in [0.1, 0.15) is 5.75 Å². The summed E-state index contributed by atoms with van der Waals surface area (Å²) >= 11 is 5.93. The molecule has 1 aromatic carbocycles. The molecule has 0 spiro atoms. The number of hydrogen-bond donors (Lipinski definition) is 2. The van der Waals surface area contributed by atoms with Gasteiger partial charge in [0.05, 0.1) is 18.2 Å². The van der Waals surface area contributed by atoms with Gasteiger partial charge >= 0.3 is 0 Å². The molecular weight excluding hydrogens is 252 g/mol. The van der Waals surface area contributed by atoms with Crippen LogP contribution in [-0.2, 0) is 11.3 Å². The number of halogens is 1. The number of benzene rings is 1. The Hall–Kier alpha value is -1.26. The van der Waals surface area contributed by atoms with Crippen LogP contribution in [-0.4, -0.2) is 26.1 Å². The summed E-state index contributed by atoms with van der Waals surface area (Å²) in [5.74, 6) is 0.609. The molecule has 1 unspecified atom stereocenters. The third-order valence-corrected chi connectivity index (χ3v) is 3.07. The van der Waals surface area contributed by atoms with E-state index in [0.29, 0.717) is 17.3 Å². The Bertz CT molecular complexity index is 406. The van der Waals surface area contributed by atoms with Crippen LogP contribution in [0.5, 0.6) is 5.75 Å². The van der Waals surface area contributed by atoms with Crippen molar-refractivity contribution in [3.8, 4) is 5.75 Å². The third-order valence-electron chi connectivity index (χ3n) is 2.76. The molecule has 2 N–H and O–H groups in total. The lowest BCUT2D eigenvalue weighted by molar-refractivity contribution is -0.123. The molecule has 0 heterocycles. The van der Waals surface area contributed by atoms with Crippen molar-refractivity contribution >= 4 is 17.5 Å². The van der Waals surface area contributed by atoms with Crippen molar-refractivity contribution in [2.75, 3.05) is 14.2 Å². The Kier molecular flexibility index (Phi) is 5.95. The predicted octanol–water partition coefficient (Wildman–Crippen LogP) is 1.96. The fraction of sp³-hybridized carbons (Fsp3) is 0.462. The fourth-order valence-electron chi connectivity index (χ4n) is 1.65. The van der Waals surface area contributed by atoms with Gasteiger partial charge in [0, 0.05) is 6.54 Å². The first-order valence-electron chi connectivity index (χ1n) is 5.89. The van der Waals surface area contributed by atoms with E-state index in [1.54, 1.807) is 20.2 Å². The van der Waals surface area contributed by atoms with Gasteiger partial charge in [-0.3, -0.25) is 4.79 Å². The average molecular weight is 271 g/mol. The highest BCUT2D eigenvalue weighted by atomic mass is 35.5. The molecular formula is C13H19ClN2O2. The van der Waals surface area contributed by atoms with Gasteiger partial charge in [-0.1, -0.05) is 24.6 Å². The van der Waals surface area contributed by atoms with Crippen LogP contribution in [0.15, 0.2) is 18.2 Å².